The van der Waals surface area contributed by atoms with Crippen LogP contribution >= 0.6 is 0 Å². The highest BCUT2D eigenvalue weighted by Crippen LogP contribution is 2.18. The number of aromatic nitrogens is 2. The predicted octanol–water partition coefficient (Wildman–Crippen LogP) is 1.91. The van der Waals surface area contributed by atoms with Crippen LogP contribution in [0.3, 0.4) is 0 Å². The molecule has 23 heavy (non-hydrogen) atoms. The summed E-state index contributed by atoms with van der Waals surface area (Å²) in [6.07, 6.45) is 3.17. The summed E-state index contributed by atoms with van der Waals surface area (Å²) in [7, 11) is 0. The number of hydrogen-bond acceptors (Lipinski definition) is 5. The number of nitrogens with zero attached hydrogens (tertiary/aromatic N) is 3. The molecule has 2 heterocycles. The lowest BCUT2D eigenvalue weighted by Gasteiger charge is -2.34. The minimum Gasteiger partial charge on any atom is -0.387 e. The van der Waals surface area contributed by atoms with E-state index in [0.29, 0.717) is 12.6 Å². The van der Waals surface area contributed by atoms with Crippen molar-refractivity contribution in [3.63, 3.8) is 0 Å². The second-order valence-electron chi connectivity index (χ2n) is 5.84. The van der Waals surface area contributed by atoms with Crippen LogP contribution in [0.25, 0.3) is 0 Å². The van der Waals surface area contributed by atoms with Gasteiger partial charge in [0.25, 0.3) is 0 Å². The van der Waals surface area contributed by atoms with E-state index in [1.165, 1.54) is 12.1 Å². The Morgan fingerprint density at radius 3 is 2.87 bits per heavy atom. The minimum absolute atomic E-state index is 0.291. The number of nitrogens with one attached hydrogen (secondary N) is 1. The van der Waals surface area contributed by atoms with Crippen molar-refractivity contribution < 1.29 is 9.50 Å². The van der Waals surface area contributed by atoms with Gasteiger partial charge in [0.1, 0.15) is 5.82 Å². The molecule has 0 spiro atoms. The molecule has 122 valence electrons. The third-order valence-electron chi connectivity index (χ3n) is 4.16. The molecule has 2 N–H and O–H groups in total. The maximum atomic E-state index is 12.9. The van der Waals surface area contributed by atoms with Crippen molar-refractivity contribution in [1.29, 1.82) is 0 Å². The summed E-state index contributed by atoms with van der Waals surface area (Å²) in [6.45, 7) is 2.26. The van der Waals surface area contributed by atoms with Crippen LogP contribution in [0, 0.1) is 5.82 Å². The summed E-state index contributed by atoms with van der Waals surface area (Å²) in [5, 5.41) is 21.7. The number of aliphatic hydroxyl groups is 1. The molecule has 1 fully saturated rings. The van der Waals surface area contributed by atoms with Crippen molar-refractivity contribution in [2.45, 2.75) is 25.0 Å². The number of piperidine rings is 1. The first kappa shape index (κ1) is 15.8. The number of aliphatic hydroxyl groups excluding tert-OH is 1. The molecule has 5 nitrogen and oxygen atoms in total. The quantitative estimate of drug-likeness (QED) is 0.882. The Labute approximate surface area is 135 Å². The highest BCUT2D eigenvalue weighted by molar-refractivity contribution is 5.37. The molecule has 2 atom stereocenters. The fourth-order valence-electron chi connectivity index (χ4n) is 2.89. The standard InChI is InChI=1S/C17H21FN4O/c18-14-7-5-13(6-8-14)16(23)11-19-15-3-2-10-22(12-15)17-4-1-9-20-21-17/h1,4-9,15-16,19,23H,2-3,10-12H2/t15-,16-/m1/s1. The molecule has 6 heteroatoms. The van der Waals surface area contributed by atoms with Gasteiger partial charge in [0, 0.05) is 31.9 Å². The van der Waals surface area contributed by atoms with Crippen LogP contribution in [0.4, 0.5) is 10.2 Å². The lowest BCUT2D eigenvalue weighted by atomic mass is 10.0. The second-order valence-corrected chi connectivity index (χ2v) is 5.84. The van der Waals surface area contributed by atoms with Gasteiger partial charge >= 0.3 is 0 Å². The van der Waals surface area contributed by atoms with Gasteiger partial charge in [0.2, 0.25) is 0 Å². The molecule has 1 aliphatic rings. The monoisotopic (exact) mass is 316 g/mol. The summed E-state index contributed by atoms with van der Waals surface area (Å²) in [5.41, 5.74) is 0.723. The lowest BCUT2D eigenvalue weighted by molar-refractivity contribution is 0.168. The van der Waals surface area contributed by atoms with Gasteiger partial charge in [0.05, 0.1) is 6.10 Å². The fourth-order valence-corrected chi connectivity index (χ4v) is 2.89. The molecule has 0 aliphatic carbocycles. The van der Waals surface area contributed by atoms with Crippen LogP contribution in [0.15, 0.2) is 42.6 Å². The molecule has 1 aromatic heterocycles. The van der Waals surface area contributed by atoms with Crippen molar-refractivity contribution in [3.8, 4) is 0 Å². The molecule has 0 saturated carbocycles. The molecule has 0 amide bonds. The smallest absolute Gasteiger partial charge is 0.151 e. The average Bonchev–Trinajstić information content (AvgIpc) is 2.61. The first-order valence-electron chi connectivity index (χ1n) is 7.92. The van der Waals surface area contributed by atoms with Crippen LogP contribution in [-0.2, 0) is 0 Å². The van der Waals surface area contributed by atoms with Gasteiger partial charge in [-0.3, -0.25) is 0 Å². The topological polar surface area (TPSA) is 61.3 Å². The maximum Gasteiger partial charge on any atom is 0.151 e. The third-order valence-corrected chi connectivity index (χ3v) is 4.16. The molecular weight excluding hydrogens is 295 g/mol. The Morgan fingerprint density at radius 2 is 2.13 bits per heavy atom. The van der Waals surface area contributed by atoms with E-state index in [1.807, 2.05) is 12.1 Å². The van der Waals surface area contributed by atoms with E-state index in [2.05, 4.69) is 20.4 Å². The van der Waals surface area contributed by atoms with Crippen LogP contribution in [0.5, 0.6) is 0 Å². The van der Waals surface area contributed by atoms with Crippen molar-refractivity contribution in [3.05, 3.63) is 54.0 Å². The Hall–Kier alpha value is -2.05. The first-order chi connectivity index (χ1) is 11.2. The van der Waals surface area contributed by atoms with Gasteiger partial charge in [0.15, 0.2) is 5.82 Å². The zero-order chi connectivity index (χ0) is 16.1. The molecule has 1 aliphatic heterocycles. The third kappa shape index (κ3) is 4.24. The van der Waals surface area contributed by atoms with Crippen LogP contribution < -0.4 is 10.2 Å². The van der Waals surface area contributed by atoms with Crippen LogP contribution in [-0.4, -0.2) is 41.0 Å². The van der Waals surface area contributed by atoms with Crippen molar-refractivity contribution in [2.24, 2.45) is 0 Å². The van der Waals surface area contributed by atoms with Crippen molar-refractivity contribution in [2.75, 3.05) is 24.5 Å². The molecule has 0 bridgehead atoms. The SMILES string of the molecule is O[C@H](CN[C@@H]1CCCN(c2cccnn2)C1)c1ccc(F)cc1. The van der Waals surface area contributed by atoms with E-state index < -0.39 is 6.10 Å². The second kappa shape index (κ2) is 7.48. The summed E-state index contributed by atoms with van der Waals surface area (Å²) in [6, 6.07) is 10.1. The Balaban J connectivity index is 1.53. The van der Waals surface area contributed by atoms with Crippen LogP contribution in [0.2, 0.25) is 0 Å². The summed E-state index contributed by atoms with van der Waals surface area (Å²) >= 11 is 0. The van der Waals surface area contributed by atoms with Crippen molar-refractivity contribution in [1.82, 2.24) is 15.5 Å². The van der Waals surface area contributed by atoms with Gasteiger partial charge in [-0.25, -0.2) is 4.39 Å². The van der Waals surface area contributed by atoms with E-state index in [0.717, 1.165) is 37.3 Å². The number of benzene rings is 1. The highest BCUT2D eigenvalue weighted by Gasteiger charge is 2.21. The van der Waals surface area contributed by atoms with E-state index in [-0.39, 0.29) is 5.82 Å². The Kier molecular flexibility index (Phi) is 5.15. The minimum atomic E-state index is -0.637. The summed E-state index contributed by atoms with van der Waals surface area (Å²) < 4.78 is 12.9. The maximum absolute atomic E-state index is 12.9. The predicted molar refractivity (Wildman–Crippen MR) is 86.6 cm³/mol. The van der Waals surface area contributed by atoms with Crippen LogP contribution in [0.1, 0.15) is 24.5 Å². The molecule has 0 unspecified atom stereocenters. The zero-order valence-electron chi connectivity index (χ0n) is 12.9. The highest BCUT2D eigenvalue weighted by atomic mass is 19.1. The largest absolute Gasteiger partial charge is 0.387 e. The fraction of sp³-hybridized carbons (Fsp3) is 0.412. The van der Waals surface area contributed by atoms with E-state index in [4.69, 9.17) is 0 Å². The molecule has 1 aromatic carbocycles. The van der Waals surface area contributed by atoms with Crippen molar-refractivity contribution >= 4 is 5.82 Å². The normalized spacial score (nSPS) is 19.6. The zero-order valence-corrected chi connectivity index (χ0v) is 12.9. The number of halogens is 1. The lowest BCUT2D eigenvalue weighted by Crippen LogP contribution is -2.47. The number of anilines is 1. The Bertz CT molecular complexity index is 608. The number of hydrogen-bond donors (Lipinski definition) is 2. The Morgan fingerprint density at radius 1 is 1.30 bits per heavy atom. The van der Waals surface area contributed by atoms with Gasteiger partial charge in [-0.15, -0.1) is 5.10 Å². The molecular formula is C17H21FN4O. The van der Waals surface area contributed by atoms with E-state index >= 15 is 0 Å². The molecule has 1 saturated heterocycles. The van der Waals surface area contributed by atoms with Gasteiger partial charge < -0.3 is 15.3 Å². The average molecular weight is 316 g/mol. The number of rotatable bonds is 5. The molecule has 3 rings (SSSR count). The molecule has 2 aromatic rings. The first-order valence-corrected chi connectivity index (χ1v) is 7.92. The van der Waals surface area contributed by atoms with Gasteiger partial charge in [-0.1, -0.05) is 12.1 Å². The summed E-state index contributed by atoms with van der Waals surface area (Å²) in [5.74, 6) is 0.596. The van der Waals surface area contributed by atoms with E-state index in [9.17, 15) is 9.50 Å². The van der Waals surface area contributed by atoms with Gasteiger partial charge in [-0.05, 0) is 42.7 Å². The molecule has 0 radical (unpaired) electrons. The van der Waals surface area contributed by atoms with Gasteiger partial charge in [-0.2, -0.15) is 5.10 Å². The van der Waals surface area contributed by atoms with E-state index in [1.54, 1.807) is 18.3 Å². The summed E-state index contributed by atoms with van der Waals surface area (Å²) in [4.78, 5) is 2.21.